The molecule has 0 unspecified atom stereocenters. The molecular weight excluding hydrogens is 200 g/mol. The molecule has 1 aromatic rings. The average molecular weight is 207 g/mol. The van der Waals surface area contributed by atoms with Gasteiger partial charge in [0.2, 0.25) is 0 Å². The van der Waals surface area contributed by atoms with E-state index in [1.807, 2.05) is 16.8 Å². The summed E-state index contributed by atoms with van der Waals surface area (Å²) in [5.41, 5.74) is 0. The van der Waals surface area contributed by atoms with Crippen LogP contribution in [-0.2, 0) is 0 Å². The lowest BCUT2D eigenvalue weighted by Gasteiger charge is -1.97. The van der Waals surface area contributed by atoms with Crippen molar-refractivity contribution in [3.63, 3.8) is 0 Å². The smallest absolute Gasteiger partial charge is 0.130 e. The lowest BCUT2D eigenvalue weighted by Crippen LogP contribution is -1.95. The summed E-state index contributed by atoms with van der Waals surface area (Å²) in [4.78, 5) is 0. The van der Waals surface area contributed by atoms with E-state index >= 15 is 0 Å². The van der Waals surface area contributed by atoms with Gasteiger partial charge in [0.1, 0.15) is 5.75 Å². The second kappa shape index (κ2) is 3.90. The van der Waals surface area contributed by atoms with Crippen molar-refractivity contribution in [2.45, 2.75) is 0 Å². The van der Waals surface area contributed by atoms with Gasteiger partial charge < -0.3 is 4.74 Å². The van der Waals surface area contributed by atoms with Crippen LogP contribution in [-0.4, -0.2) is 11.9 Å². The van der Waals surface area contributed by atoms with Gasteiger partial charge in [0.25, 0.3) is 0 Å². The van der Waals surface area contributed by atoms with Crippen LogP contribution in [0.3, 0.4) is 0 Å². The number of hydrogen-bond donors (Lipinski definition) is 0. The van der Waals surface area contributed by atoms with Crippen molar-refractivity contribution in [2.24, 2.45) is 0 Å². The molecule has 0 saturated carbocycles. The topological polar surface area (TPSA) is 9.23 Å². The minimum absolute atomic E-state index is 0.747. The Morgan fingerprint density at radius 3 is 3.11 bits per heavy atom. The summed E-state index contributed by atoms with van der Waals surface area (Å²) in [5, 5.41) is 4.88. The SMILES string of the molecule is BrCCOc1ccsc1. The summed E-state index contributed by atoms with van der Waals surface area (Å²) >= 11 is 4.92. The molecule has 1 aromatic heterocycles. The Kier molecular flexibility index (Phi) is 3.08. The first-order valence-electron chi connectivity index (χ1n) is 2.64. The van der Waals surface area contributed by atoms with E-state index < -0.39 is 0 Å². The highest BCUT2D eigenvalue weighted by molar-refractivity contribution is 9.09. The number of alkyl halides is 1. The maximum atomic E-state index is 5.26. The Bertz CT molecular complexity index is 150. The summed E-state index contributed by atoms with van der Waals surface area (Å²) in [5.74, 6) is 0.972. The zero-order chi connectivity index (χ0) is 6.53. The Morgan fingerprint density at radius 2 is 2.56 bits per heavy atom. The quantitative estimate of drug-likeness (QED) is 0.692. The molecule has 0 aromatic carbocycles. The zero-order valence-electron chi connectivity index (χ0n) is 4.84. The van der Waals surface area contributed by atoms with Crippen LogP contribution in [0.4, 0.5) is 0 Å². The number of ether oxygens (including phenoxy) is 1. The Morgan fingerprint density at radius 1 is 1.67 bits per heavy atom. The van der Waals surface area contributed by atoms with E-state index in [1.165, 1.54) is 0 Å². The average Bonchev–Trinajstić information content (AvgIpc) is 2.34. The molecular formula is C6H7BrOS. The van der Waals surface area contributed by atoms with E-state index in [4.69, 9.17) is 4.74 Å². The van der Waals surface area contributed by atoms with Crippen molar-refractivity contribution < 1.29 is 4.74 Å². The van der Waals surface area contributed by atoms with Crippen molar-refractivity contribution in [3.8, 4) is 5.75 Å². The number of hydrogen-bond acceptors (Lipinski definition) is 2. The highest BCUT2D eigenvalue weighted by Crippen LogP contribution is 2.14. The molecule has 0 aliphatic carbocycles. The number of halogens is 1. The lowest BCUT2D eigenvalue weighted by atomic mass is 10.6. The second-order valence-electron chi connectivity index (χ2n) is 1.50. The van der Waals surface area contributed by atoms with Gasteiger partial charge >= 0.3 is 0 Å². The third-order valence-corrected chi connectivity index (χ3v) is 1.83. The first-order chi connectivity index (χ1) is 4.43. The molecule has 0 bridgehead atoms. The fourth-order valence-electron chi connectivity index (χ4n) is 0.491. The van der Waals surface area contributed by atoms with Gasteiger partial charge in [-0.25, -0.2) is 0 Å². The maximum absolute atomic E-state index is 5.26. The van der Waals surface area contributed by atoms with Gasteiger partial charge in [-0.05, 0) is 11.4 Å². The molecule has 3 heteroatoms. The van der Waals surface area contributed by atoms with Crippen LogP contribution in [0.15, 0.2) is 16.8 Å². The van der Waals surface area contributed by atoms with Crippen LogP contribution in [0.2, 0.25) is 0 Å². The third kappa shape index (κ3) is 2.37. The highest BCUT2D eigenvalue weighted by Gasteiger charge is 1.89. The molecule has 0 fully saturated rings. The van der Waals surface area contributed by atoms with Gasteiger partial charge in [-0.2, -0.15) is 0 Å². The van der Waals surface area contributed by atoms with E-state index in [2.05, 4.69) is 15.9 Å². The van der Waals surface area contributed by atoms with Crippen molar-refractivity contribution in [1.29, 1.82) is 0 Å². The van der Waals surface area contributed by atoms with Gasteiger partial charge in [-0.15, -0.1) is 11.3 Å². The van der Waals surface area contributed by atoms with Gasteiger partial charge in [0.15, 0.2) is 0 Å². The van der Waals surface area contributed by atoms with Crippen LogP contribution < -0.4 is 4.74 Å². The fourth-order valence-corrected chi connectivity index (χ4v) is 1.22. The molecule has 50 valence electrons. The monoisotopic (exact) mass is 206 g/mol. The number of thiophene rings is 1. The first-order valence-corrected chi connectivity index (χ1v) is 4.71. The molecule has 0 N–H and O–H groups in total. The lowest BCUT2D eigenvalue weighted by molar-refractivity contribution is 0.346. The molecule has 0 amide bonds. The predicted octanol–water partition coefficient (Wildman–Crippen LogP) is 2.52. The Hall–Kier alpha value is -0.0200. The molecule has 0 radical (unpaired) electrons. The molecule has 9 heavy (non-hydrogen) atoms. The van der Waals surface area contributed by atoms with Gasteiger partial charge in [0.05, 0.1) is 6.61 Å². The number of rotatable bonds is 3. The van der Waals surface area contributed by atoms with E-state index in [1.54, 1.807) is 11.3 Å². The van der Waals surface area contributed by atoms with Crippen LogP contribution in [0.25, 0.3) is 0 Å². The van der Waals surface area contributed by atoms with Gasteiger partial charge in [0, 0.05) is 10.7 Å². The molecule has 1 nitrogen and oxygen atoms in total. The van der Waals surface area contributed by atoms with Crippen molar-refractivity contribution in [1.82, 2.24) is 0 Å². The normalized spacial score (nSPS) is 9.44. The Labute approximate surface area is 66.8 Å². The van der Waals surface area contributed by atoms with Crippen LogP contribution >= 0.6 is 27.3 Å². The minimum Gasteiger partial charge on any atom is -0.492 e. The van der Waals surface area contributed by atoms with Crippen LogP contribution in [0.1, 0.15) is 0 Å². The van der Waals surface area contributed by atoms with E-state index in [-0.39, 0.29) is 0 Å². The molecule has 0 atom stereocenters. The Balaban J connectivity index is 2.30. The summed E-state index contributed by atoms with van der Waals surface area (Å²) in [7, 11) is 0. The molecule has 0 saturated heterocycles. The van der Waals surface area contributed by atoms with Crippen molar-refractivity contribution in [2.75, 3.05) is 11.9 Å². The van der Waals surface area contributed by atoms with Crippen molar-refractivity contribution >= 4 is 27.3 Å². The molecule has 0 aliphatic rings. The van der Waals surface area contributed by atoms with Crippen LogP contribution in [0, 0.1) is 0 Å². The summed E-state index contributed by atoms with van der Waals surface area (Å²) in [6.45, 7) is 0.747. The second-order valence-corrected chi connectivity index (χ2v) is 3.07. The van der Waals surface area contributed by atoms with E-state index in [9.17, 15) is 0 Å². The largest absolute Gasteiger partial charge is 0.492 e. The zero-order valence-corrected chi connectivity index (χ0v) is 7.24. The molecule has 0 spiro atoms. The minimum atomic E-state index is 0.747. The molecule has 1 heterocycles. The first kappa shape index (κ1) is 7.09. The standard InChI is InChI=1S/C6H7BrOS/c7-2-3-8-6-1-4-9-5-6/h1,4-5H,2-3H2. The maximum Gasteiger partial charge on any atom is 0.130 e. The molecule has 0 aliphatic heterocycles. The van der Waals surface area contributed by atoms with E-state index in [0.717, 1.165) is 17.7 Å². The van der Waals surface area contributed by atoms with Crippen molar-refractivity contribution in [3.05, 3.63) is 16.8 Å². The summed E-state index contributed by atoms with van der Waals surface area (Å²) in [6, 6.07) is 1.97. The third-order valence-electron chi connectivity index (χ3n) is 0.841. The molecule has 1 rings (SSSR count). The highest BCUT2D eigenvalue weighted by atomic mass is 79.9. The van der Waals surface area contributed by atoms with E-state index in [0.29, 0.717) is 0 Å². The predicted molar refractivity (Wildman–Crippen MR) is 43.6 cm³/mol. The summed E-state index contributed by atoms with van der Waals surface area (Å²) in [6.07, 6.45) is 0. The van der Waals surface area contributed by atoms with Crippen LogP contribution in [0.5, 0.6) is 5.75 Å². The van der Waals surface area contributed by atoms with Gasteiger partial charge in [-0.1, -0.05) is 15.9 Å². The van der Waals surface area contributed by atoms with Gasteiger partial charge in [-0.3, -0.25) is 0 Å². The summed E-state index contributed by atoms with van der Waals surface area (Å²) < 4.78 is 5.26. The fraction of sp³-hybridized carbons (Fsp3) is 0.333.